The summed E-state index contributed by atoms with van der Waals surface area (Å²) in [5.74, 6) is 3.89. The summed E-state index contributed by atoms with van der Waals surface area (Å²) in [6.45, 7) is 6.11. The molecule has 0 saturated heterocycles. The molecular weight excluding hydrogens is 318 g/mol. The second-order valence-electron chi connectivity index (χ2n) is 10.7. The fourth-order valence-corrected chi connectivity index (χ4v) is 7.59. The fourth-order valence-electron chi connectivity index (χ4n) is 7.59. The lowest BCUT2D eigenvalue weighted by Gasteiger charge is -2.59. The lowest BCUT2D eigenvalue weighted by molar-refractivity contribution is -0.137. The molecule has 0 aromatic heterocycles. The summed E-state index contributed by atoms with van der Waals surface area (Å²) >= 11 is 0. The molecule has 2 heteroatoms. The summed E-state index contributed by atoms with van der Waals surface area (Å²) < 4.78 is 0. The molecule has 0 aliphatic heterocycles. The largest absolute Gasteiger partial charge is 0.309 e. The molecule has 2 nitrogen and oxygen atoms in total. The van der Waals surface area contributed by atoms with Crippen LogP contribution in [0.3, 0.4) is 0 Å². The topological polar surface area (TPSA) is 20.3 Å². The van der Waals surface area contributed by atoms with Gasteiger partial charge in [-0.05, 0) is 101 Å². The minimum Gasteiger partial charge on any atom is -0.309 e. The van der Waals surface area contributed by atoms with Gasteiger partial charge < -0.3 is 4.90 Å². The third-order valence-electron chi connectivity index (χ3n) is 9.28. The maximum absolute atomic E-state index is 12.5. The molecule has 4 saturated carbocycles. The summed E-state index contributed by atoms with van der Waals surface area (Å²) in [6.07, 6.45) is 15.2. The van der Waals surface area contributed by atoms with Crippen molar-refractivity contribution in [1.82, 2.24) is 4.90 Å². The molecule has 146 valence electrons. The van der Waals surface area contributed by atoms with Crippen molar-refractivity contribution in [3.63, 3.8) is 0 Å². The van der Waals surface area contributed by atoms with Crippen molar-refractivity contribution in [3.8, 4) is 0 Å². The van der Waals surface area contributed by atoms with Crippen LogP contribution in [0, 0.1) is 34.5 Å². The first-order valence-corrected chi connectivity index (χ1v) is 11.2. The second-order valence-corrected chi connectivity index (χ2v) is 10.7. The normalized spacial score (nSPS) is 47.0. The molecule has 0 aromatic carbocycles. The smallest absolute Gasteiger partial charge is 0.139 e. The summed E-state index contributed by atoms with van der Waals surface area (Å²) in [5.41, 5.74) is 2.31. The van der Waals surface area contributed by atoms with E-state index in [1.54, 1.807) is 5.57 Å². The highest BCUT2D eigenvalue weighted by Gasteiger charge is 2.59. The first-order valence-electron chi connectivity index (χ1n) is 11.2. The minimum atomic E-state index is 0.0380. The third-order valence-corrected chi connectivity index (χ3v) is 9.28. The number of allylic oxidation sites excluding steroid dienone is 1. The number of rotatable bonds is 3. The van der Waals surface area contributed by atoms with Gasteiger partial charge in [0.25, 0.3) is 0 Å². The number of nitrogens with zero attached hydrogens (tertiary/aromatic N) is 1. The van der Waals surface area contributed by atoms with E-state index in [9.17, 15) is 4.79 Å². The Morgan fingerprint density at radius 1 is 1.04 bits per heavy atom. The van der Waals surface area contributed by atoms with Crippen LogP contribution < -0.4 is 0 Å². The lowest BCUT2D eigenvalue weighted by atomic mass is 9.45. The van der Waals surface area contributed by atoms with Gasteiger partial charge in [-0.3, -0.25) is 4.79 Å². The second kappa shape index (κ2) is 6.76. The monoisotopic (exact) mass is 357 g/mol. The van der Waals surface area contributed by atoms with Gasteiger partial charge >= 0.3 is 0 Å². The molecule has 4 fully saturated rings. The predicted molar refractivity (Wildman–Crippen MR) is 108 cm³/mol. The van der Waals surface area contributed by atoms with Gasteiger partial charge in [-0.1, -0.05) is 25.5 Å². The van der Waals surface area contributed by atoms with Crippen molar-refractivity contribution < 1.29 is 4.79 Å². The van der Waals surface area contributed by atoms with Gasteiger partial charge in [-0.15, -0.1) is 0 Å². The van der Waals surface area contributed by atoms with Crippen LogP contribution in [0.25, 0.3) is 0 Å². The Labute approximate surface area is 160 Å². The first kappa shape index (κ1) is 18.7. The fraction of sp³-hybridized carbons (Fsp3) is 0.875. The molecule has 0 aromatic rings. The van der Waals surface area contributed by atoms with Crippen molar-refractivity contribution in [2.45, 2.75) is 78.1 Å². The average molecular weight is 358 g/mol. The van der Waals surface area contributed by atoms with E-state index >= 15 is 0 Å². The summed E-state index contributed by atoms with van der Waals surface area (Å²) in [5, 5.41) is 0. The number of hydrogen-bond acceptors (Lipinski definition) is 2. The molecule has 0 unspecified atom stereocenters. The number of ketones is 1. The van der Waals surface area contributed by atoms with E-state index < -0.39 is 0 Å². The molecule has 4 rings (SSSR count). The Bertz CT molecular complexity index is 593. The zero-order valence-corrected chi connectivity index (χ0v) is 17.5. The van der Waals surface area contributed by atoms with Crippen molar-refractivity contribution in [2.24, 2.45) is 34.5 Å². The standard InChI is InChI=1S/C24H39NO/c1-23-13-11-17(6-5-15-25(3)4)16-18(23)7-8-19-20-9-10-22(26)24(20,2)14-12-21(19)23/h6,18-21H,5,7-16H2,1-4H3/b17-6-/t18-,19-,20-,21-,23-,24-/m0/s1. The summed E-state index contributed by atoms with van der Waals surface area (Å²) in [7, 11) is 4.34. The number of carbonyl (C=O) groups is 1. The van der Waals surface area contributed by atoms with Crippen LogP contribution in [0.1, 0.15) is 78.1 Å². The van der Waals surface area contributed by atoms with Gasteiger partial charge in [0.15, 0.2) is 0 Å². The Morgan fingerprint density at radius 3 is 2.62 bits per heavy atom. The third kappa shape index (κ3) is 2.91. The maximum atomic E-state index is 12.5. The number of fused-ring (bicyclic) bond motifs is 5. The van der Waals surface area contributed by atoms with E-state index in [0.717, 1.165) is 24.2 Å². The van der Waals surface area contributed by atoms with E-state index in [0.29, 0.717) is 17.1 Å². The van der Waals surface area contributed by atoms with Gasteiger partial charge in [0.1, 0.15) is 5.78 Å². The maximum Gasteiger partial charge on any atom is 0.139 e. The molecule has 0 heterocycles. The highest BCUT2D eigenvalue weighted by Crippen LogP contribution is 2.65. The van der Waals surface area contributed by atoms with E-state index in [4.69, 9.17) is 0 Å². The van der Waals surface area contributed by atoms with Crippen LogP contribution in [0.5, 0.6) is 0 Å². The molecule has 6 atom stereocenters. The van der Waals surface area contributed by atoms with Crippen LogP contribution in [-0.4, -0.2) is 31.3 Å². The Morgan fingerprint density at radius 2 is 1.85 bits per heavy atom. The molecule has 4 aliphatic carbocycles. The number of hydrogen-bond donors (Lipinski definition) is 0. The minimum absolute atomic E-state index is 0.0380. The van der Waals surface area contributed by atoms with E-state index in [1.807, 2.05) is 0 Å². The zero-order chi connectivity index (χ0) is 18.5. The quantitative estimate of drug-likeness (QED) is 0.624. The van der Waals surface area contributed by atoms with Gasteiger partial charge in [0.2, 0.25) is 0 Å². The Kier molecular flexibility index (Phi) is 4.87. The van der Waals surface area contributed by atoms with Gasteiger partial charge in [0, 0.05) is 18.4 Å². The van der Waals surface area contributed by atoms with Gasteiger partial charge in [-0.25, -0.2) is 0 Å². The van der Waals surface area contributed by atoms with Crippen molar-refractivity contribution >= 4 is 5.78 Å². The van der Waals surface area contributed by atoms with Gasteiger partial charge in [-0.2, -0.15) is 0 Å². The molecule has 4 aliphatic rings. The van der Waals surface area contributed by atoms with E-state index in [2.05, 4.69) is 38.9 Å². The highest BCUT2D eigenvalue weighted by atomic mass is 16.1. The van der Waals surface area contributed by atoms with Crippen LogP contribution in [0.15, 0.2) is 11.6 Å². The summed E-state index contributed by atoms with van der Waals surface area (Å²) in [4.78, 5) is 14.8. The predicted octanol–water partition coefficient (Wildman–Crippen LogP) is 5.48. The van der Waals surface area contributed by atoms with Crippen LogP contribution in [0.4, 0.5) is 0 Å². The Hall–Kier alpha value is -0.630. The summed E-state index contributed by atoms with van der Waals surface area (Å²) in [6, 6.07) is 0. The van der Waals surface area contributed by atoms with E-state index in [1.165, 1.54) is 64.3 Å². The molecule has 0 radical (unpaired) electrons. The zero-order valence-electron chi connectivity index (χ0n) is 17.5. The van der Waals surface area contributed by atoms with Gasteiger partial charge in [0.05, 0.1) is 0 Å². The van der Waals surface area contributed by atoms with Crippen LogP contribution in [-0.2, 0) is 4.79 Å². The molecule has 0 amide bonds. The van der Waals surface area contributed by atoms with Crippen molar-refractivity contribution in [2.75, 3.05) is 20.6 Å². The van der Waals surface area contributed by atoms with Crippen molar-refractivity contribution in [1.29, 1.82) is 0 Å². The number of carbonyl (C=O) groups excluding carboxylic acids is 1. The first-order chi connectivity index (χ1) is 12.3. The van der Waals surface area contributed by atoms with Crippen LogP contribution >= 0.6 is 0 Å². The lowest BCUT2D eigenvalue weighted by Crippen LogP contribution is -2.53. The number of Topliss-reactive ketones (excluding diaryl/α,β-unsaturated/α-hetero) is 1. The molecule has 0 spiro atoms. The molecule has 26 heavy (non-hydrogen) atoms. The van der Waals surface area contributed by atoms with Crippen molar-refractivity contribution in [3.05, 3.63) is 11.6 Å². The van der Waals surface area contributed by atoms with Crippen LogP contribution in [0.2, 0.25) is 0 Å². The SMILES string of the molecule is CN(C)CC/C=C1/CC[C@@]2(C)[C@@H](CC[C@@H]3[C@@H]2CC[C@]2(C)C(=O)CC[C@@H]32)C1. The highest BCUT2D eigenvalue weighted by molar-refractivity contribution is 5.87. The Balaban J connectivity index is 1.48. The average Bonchev–Trinajstić information content (AvgIpc) is 2.90. The molecule has 0 bridgehead atoms. The van der Waals surface area contributed by atoms with E-state index in [-0.39, 0.29) is 5.41 Å². The molecule has 0 N–H and O–H groups in total. The molecular formula is C24H39NO.